The summed E-state index contributed by atoms with van der Waals surface area (Å²) in [6.45, 7) is 1.26. The third kappa shape index (κ3) is 4.22. The predicted molar refractivity (Wildman–Crippen MR) is 56.4 cm³/mol. The minimum Gasteiger partial charge on any atom is -0.356 e. The Morgan fingerprint density at radius 1 is 1.38 bits per heavy atom. The number of hydrogen-bond acceptors (Lipinski definition) is 3. The van der Waals surface area contributed by atoms with Crippen LogP contribution in [-0.2, 0) is 9.47 Å². The zero-order valence-electron chi connectivity index (χ0n) is 8.71. The van der Waals surface area contributed by atoms with E-state index in [2.05, 4.69) is 4.98 Å². The zero-order valence-corrected chi connectivity index (χ0v) is 9.87. The highest BCUT2D eigenvalue weighted by atomic mass is 28.3. The summed E-state index contributed by atoms with van der Waals surface area (Å²) in [6, 6.07) is 2.87. The molecule has 0 amide bonds. The Hall–Kier alpha value is 0.0969. The highest BCUT2D eigenvalue weighted by Gasteiger charge is 2.16. The molecule has 1 unspecified atom stereocenters. The molecule has 1 rings (SSSR count). The molecule has 1 atom stereocenters. The number of nitrogens with one attached hydrogen (secondary N) is 1. The summed E-state index contributed by atoms with van der Waals surface area (Å²) in [5.74, 6) is 0. The van der Waals surface area contributed by atoms with Gasteiger partial charge in [-0.25, -0.2) is 0 Å². The van der Waals surface area contributed by atoms with Crippen LogP contribution >= 0.6 is 0 Å². The van der Waals surface area contributed by atoms with E-state index >= 15 is 0 Å². The quantitative estimate of drug-likeness (QED) is 0.518. The van der Waals surface area contributed by atoms with Gasteiger partial charge in [0.1, 0.15) is 8.96 Å². The van der Waals surface area contributed by atoms with Gasteiger partial charge >= 0.3 is 0 Å². The lowest BCUT2D eigenvalue weighted by Crippen LogP contribution is -2.26. The highest BCUT2D eigenvalue weighted by molar-refractivity contribution is 6.56. The summed E-state index contributed by atoms with van der Waals surface area (Å²) in [7, 11) is 2.89. The lowest BCUT2D eigenvalue weighted by molar-refractivity contribution is -0.106. The zero-order chi connectivity index (χ0) is 9.52. The van der Waals surface area contributed by atoms with E-state index in [9.17, 15) is 0 Å². The maximum absolute atomic E-state index is 5.14. The van der Waals surface area contributed by atoms with Crippen molar-refractivity contribution in [3.63, 3.8) is 0 Å². The summed E-state index contributed by atoms with van der Waals surface area (Å²) in [4.78, 5) is 3.62. The van der Waals surface area contributed by atoms with Crippen molar-refractivity contribution < 1.29 is 9.47 Å². The second-order valence-electron chi connectivity index (χ2n) is 3.63. The van der Waals surface area contributed by atoms with Crippen molar-refractivity contribution in [2.45, 2.75) is 37.6 Å². The SMILES string of the molecule is COC(CCC[SiH]1CCCN1)OC. The Kier molecular flexibility index (Phi) is 5.62. The third-order valence-electron chi connectivity index (χ3n) is 2.68. The van der Waals surface area contributed by atoms with E-state index < -0.39 is 8.96 Å². The molecule has 1 heterocycles. The van der Waals surface area contributed by atoms with Crippen LogP contribution in [0.15, 0.2) is 0 Å². The van der Waals surface area contributed by atoms with Gasteiger partial charge in [0.2, 0.25) is 0 Å². The van der Waals surface area contributed by atoms with Crippen LogP contribution < -0.4 is 4.98 Å². The fourth-order valence-electron chi connectivity index (χ4n) is 1.87. The number of ether oxygens (including phenoxy) is 2. The Morgan fingerprint density at radius 2 is 2.15 bits per heavy atom. The van der Waals surface area contributed by atoms with E-state index in [0.717, 1.165) is 6.42 Å². The van der Waals surface area contributed by atoms with Gasteiger partial charge in [0.25, 0.3) is 0 Å². The van der Waals surface area contributed by atoms with Crippen LogP contribution in [0.2, 0.25) is 12.1 Å². The lowest BCUT2D eigenvalue weighted by Gasteiger charge is -2.14. The van der Waals surface area contributed by atoms with E-state index in [1.807, 2.05) is 0 Å². The van der Waals surface area contributed by atoms with Gasteiger partial charge in [-0.3, -0.25) is 0 Å². The minimum absolute atomic E-state index is 0.00963. The summed E-state index contributed by atoms with van der Waals surface area (Å²) < 4.78 is 10.3. The third-order valence-corrected chi connectivity index (χ3v) is 5.76. The van der Waals surface area contributed by atoms with Crippen LogP contribution in [0.5, 0.6) is 0 Å². The number of methoxy groups -OCH3 is 2. The molecule has 0 saturated carbocycles. The van der Waals surface area contributed by atoms with Crippen molar-refractivity contribution >= 4 is 8.96 Å². The van der Waals surface area contributed by atoms with Gasteiger partial charge < -0.3 is 14.5 Å². The molecule has 1 aliphatic heterocycles. The first-order valence-corrected chi connectivity index (χ1v) is 7.37. The van der Waals surface area contributed by atoms with Gasteiger partial charge in [-0.1, -0.05) is 0 Å². The van der Waals surface area contributed by atoms with Gasteiger partial charge in [0.15, 0.2) is 6.29 Å². The average Bonchev–Trinajstić information content (AvgIpc) is 2.65. The van der Waals surface area contributed by atoms with Gasteiger partial charge in [-0.15, -0.1) is 0 Å². The van der Waals surface area contributed by atoms with Crippen molar-refractivity contribution in [1.82, 2.24) is 4.98 Å². The second-order valence-corrected chi connectivity index (χ2v) is 6.58. The molecule has 1 aliphatic rings. The summed E-state index contributed by atoms with van der Waals surface area (Å²) in [6.07, 6.45) is 3.69. The first-order valence-electron chi connectivity index (χ1n) is 5.15. The molecule has 3 nitrogen and oxygen atoms in total. The van der Waals surface area contributed by atoms with Gasteiger partial charge in [0, 0.05) is 14.2 Å². The maximum Gasteiger partial charge on any atom is 0.156 e. The molecule has 13 heavy (non-hydrogen) atoms. The molecule has 4 heteroatoms. The Bertz CT molecular complexity index is 123. The van der Waals surface area contributed by atoms with Crippen LogP contribution in [0.25, 0.3) is 0 Å². The van der Waals surface area contributed by atoms with Crippen LogP contribution in [0.3, 0.4) is 0 Å². The molecule has 78 valence electrons. The Labute approximate surface area is 82.5 Å². The van der Waals surface area contributed by atoms with E-state index in [1.54, 1.807) is 14.2 Å². The monoisotopic (exact) mass is 203 g/mol. The Balaban J connectivity index is 1.98. The van der Waals surface area contributed by atoms with Crippen LogP contribution in [0, 0.1) is 0 Å². The van der Waals surface area contributed by atoms with E-state index in [1.165, 1.54) is 31.5 Å². The molecular weight excluding hydrogens is 182 g/mol. The van der Waals surface area contributed by atoms with Crippen molar-refractivity contribution in [2.75, 3.05) is 20.8 Å². The standard InChI is InChI=1S/C9H21NO2Si/c1-11-9(12-2)5-3-7-13-8-4-6-10-13/h9-10,13H,3-8H2,1-2H3. The molecule has 0 radical (unpaired) electrons. The van der Waals surface area contributed by atoms with Crippen LogP contribution in [0.4, 0.5) is 0 Å². The minimum atomic E-state index is -0.523. The first-order chi connectivity index (χ1) is 6.36. The largest absolute Gasteiger partial charge is 0.356 e. The fourth-order valence-corrected chi connectivity index (χ4v) is 4.60. The topological polar surface area (TPSA) is 30.5 Å². The van der Waals surface area contributed by atoms with E-state index in [0.29, 0.717) is 0 Å². The number of rotatable bonds is 6. The smallest absolute Gasteiger partial charge is 0.156 e. The van der Waals surface area contributed by atoms with Crippen LogP contribution in [-0.4, -0.2) is 36.0 Å². The van der Waals surface area contributed by atoms with Crippen molar-refractivity contribution in [3.05, 3.63) is 0 Å². The maximum atomic E-state index is 5.14. The molecule has 0 aromatic carbocycles. The Morgan fingerprint density at radius 3 is 2.69 bits per heavy atom. The fraction of sp³-hybridized carbons (Fsp3) is 1.00. The second kappa shape index (κ2) is 6.54. The molecule has 0 aliphatic carbocycles. The first kappa shape index (κ1) is 11.2. The van der Waals surface area contributed by atoms with Gasteiger partial charge in [0.05, 0.1) is 0 Å². The molecule has 1 N–H and O–H groups in total. The van der Waals surface area contributed by atoms with Crippen molar-refractivity contribution in [2.24, 2.45) is 0 Å². The summed E-state index contributed by atoms with van der Waals surface area (Å²) in [5, 5.41) is 0. The molecule has 0 aromatic heterocycles. The van der Waals surface area contributed by atoms with Crippen molar-refractivity contribution in [1.29, 1.82) is 0 Å². The molecule has 1 fully saturated rings. The summed E-state index contributed by atoms with van der Waals surface area (Å²) >= 11 is 0. The number of hydrogen-bond donors (Lipinski definition) is 1. The van der Waals surface area contributed by atoms with Gasteiger partial charge in [-0.2, -0.15) is 0 Å². The van der Waals surface area contributed by atoms with E-state index in [-0.39, 0.29) is 6.29 Å². The normalized spacial score (nSPS) is 22.8. The van der Waals surface area contributed by atoms with Crippen LogP contribution in [0.1, 0.15) is 19.3 Å². The summed E-state index contributed by atoms with van der Waals surface area (Å²) in [5.41, 5.74) is 0. The lowest BCUT2D eigenvalue weighted by atomic mass is 10.3. The van der Waals surface area contributed by atoms with Gasteiger partial charge in [-0.05, 0) is 37.9 Å². The molecule has 0 aromatic rings. The van der Waals surface area contributed by atoms with Crippen molar-refractivity contribution in [3.8, 4) is 0 Å². The molecule has 0 spiro atoms. The highest BCUT2D eigenvalue weighted by Crippen LogP contribution is 2.12. The predicted octanol–water partition coefficient (Wildman–Crippen LogP) is 1.10. The molecule has 0 bridgehead atoms. The molecular formula is C9H21NO2Si. The van der Waals surface area contributed by atoms with E-state index in [4.69, 9.17) is 9.47 Å². The molecule has 1 saturated heterocycles. The average molecular weight is 203 g/mol.